The summed E-state index contributed by atoms with van der Waals surface area (Å²) in [5.41, 5.74) is 0. The molecule has 0 spiro atoms. The van der Waals surface area contributed by atoms with Crippen LogP contribution in [0, 0.1) is 5.92 Å². The zero-order valence-electron chi connectivity index (χ0n) is 5.10. The molecule has 1 aliphatic rings. The predicted octanol–water partition coefficient (Wildman–Crippen LogP) is 2.78. The molecular formula is C7H11I. The molecule has 1 heteroatoms. The Morgan fingerprint density at radius 2 is 2.38 bits per heavy atom. The highest BCUT2D eigenvalue weighted by molar-refractivity contribution is 14.1. The van der Waals surface area contributed by atoms with Gasteiger partial charge in [-0.15, -0.1) is 0 Å². The largest absolute Gasteiger partial charge is 0.0872 e. The third kappa shape index (κ3) is 1.77. The van der Waals surface area contributed by atoms with Gasteiger partial charge in [0.1, 0.15) is 0 Å². The Morgan fingerprint density at radius 3 is 2.75 bits per heavy atom. The number of hydrogen-bond acceptors (Lipinski definition) is 0. The molecule has 0 aromatic heterocycles. The van der Waals surface area contributed by atoms with Crippen molar-refractivity contribution in [2.45, 2.75) is 23.7 Å². The summed E-state index contributed by atoms with van der Waals surface area (Å²) in [6.45, 7) is 2.31. The lowest BCUT2D eigenvalue weighted by Crippen LogP contribution is -2.06. The lowest BCUT2D eigenvalue weighted by Gasteiger charge is -2.15. The summed E-state index contributed by atoms with van der Waals surface area (Å²) in [5, 5.41) is 0. The quantitative estimate of drug-likeness (QED) is 0.336. The number of halogens is 1. The second-order valence-corrected chi connectivity index (χ2v) is 4.12. The minimum Gasteiger partial charge on any atom is -0.0872 e. The van der Waals surface area contributed by atoms with Crippen LogP contribution in [0.1, 0.15) is 19.8 Å². The summed E-state index contributed by atoms with van der Waals surface area (Å²) in [4.78, 5) is 0. The highest BCUT2D eigenvalue weighted by Gasteiger charge is 2.09. The lowest BCUT2D eigenvalue weighted by molar-refractivity contribution is 0.540. The average Bonchev–Trinajstić information content (AvgIpc) is 1.64. The Labute approximate surface area is 64.5 Å². The van der Waals surface area contributed by atoms with Gasteiger partial charge >= 0.3 is 0 Å². The monoisotopic (exact) mass is 222 g/mol. The van der Waals surface area contributed by atoms with Gasteiger partial charge in [-0.25, -0.2) is 0 Å². The standard InChI is InChI=1S/C7H11I/c1-6-3-2-4-7(8)5-6/h2,4,6-7H,3,5H2,1H3/t6-,7+/m1/s1. The van der Waals surface area contributed by atoms with Crippen molar-refractivity contribution in [3.63, 3.8) is 0 Å². The fraction of sp³-hybridized carbons (Fsp3) is 0.714. The molecular weight excluding hydrogens is 211 g/mol. The van der Waals surface area contributed by atoms with E-state index in [1.54, 1.807) is 0 Å². The molecule has 0 unspecified atom stereocenters. The van der Waals surface area contributed by atoms with Gasteiger partial charge in [0.2, 0.25) is 0 Å². The highest BCUT2D eigenvalue weighted by Crippen LogP contribution is 2.22. The van der Waals surface area contributed by atoms with E-state index >= 15 is 0 Å². The third-order valence-corrected chi connectivity index (χ3v) is 2.43. The van der Waals surface area contributed by atoms with Crippen LogP contribution in [0.25, 0.3) is 0 Å². The molecule has 0 radical (unpaired) electrons. The van der Waals surface area contributed by atoms with Gasteiger partial charge in [-0.05, 0) is 18.8 Å². The second-order valence-electron chi connectivity index (χ2n) is 2.52. The van der Waals surface area contributed by atoms with Crippen molar-refractivity contribution in [1.82, 2.24) is 0 Å². The van der Waals surface area contributed by atoms with E-state index in [1.165, 1.54) is 12.8 Å². The van der Waals surface area contributed by atoms with Crippen LogP contribution in [0.3, 0.4) is 0 Å². The molecule has 1 aliphatic carbocycles. The minimum atomic E-state index is 0.802. The molecule has 0 aromatic rings. The molecule has 0 bridgehead atoms. The molecule has 0 saturated carbocycles. The van der Waals surface area contributed by atoms with Gasteiger partial charge in [0.15, 0.2) is 0 Å². The van der Waals surface area contributed by atoms with Gasteiger partial charge in [0, 0.05) is 3.92 Å². The van der Waals surface area contributed by atoms with Crippen molar-refractivity contribution in [2.75, 3.05) is 0 Å². The molecule has 1 rings (SSSR count). The van der Waals surface area contributed by atoms with E-state index in [0.29, 0.717) is 0 Å². The van der Waals surface area contributed by atoms with Crippen LogP contribution in [-0.2, 0) is 0 Å². The average molecular weight is 222 g/mol. The first kappa shape index (κ1) is 6.59. The van der Waals surface area contributed by atoms with Crippen molar-refractivity contribution in [3.05, 3.63) is 12.2 Å². The highest BCUT2D eigenvalue weighted by atomic mass is 127. The van der Waals surface area contributed by atoms with Crippen LogP contribution in [0.5, 0.6) is 0 Å². The zero-order valence-corrected chi connectivity index (χ0v) is 7.26. The van der Waals surface area contributed by atoms with E-state index in [0.717, 1.165) is 9.84 Å². The molecule has 0 amide bonds. The normalized spacial score (nSPS) is 37.8. The van der Waals surface area contributed by atoms with Gasteiger partial charge in [0.05, 0.1) is 0 Å². The molecule has 0 N–H and O–H groups in total. The summed E-state index contributed by atoms with van der Waals surface area (Å²) in [6.07, 6.45) is 7.27. The Kier molecular flexibility index (Phi) is 2.35. The van der Waals surface area contributed by atoms with Crippen molar-refractivity contribution in [1.29, 1.82) is 0 Å². The number of alkyl halides is 1. The Hall–Kier alpha value is 0.470. The van der Waals surface area contributed by atoms with Crippen LogP contribution in [0.4, 0.5) is 0 Å². The van der Waals surface area contributed by atoms with Crippen molar-refractivity contribution >= 4 is 22.6 Å². The molecule has 0 saturated heterocycles. The first-order valence-corrected chi connectivity index (χ1v) is 4.34. The van der Waals surface area contributed by atoms with Gasteiger partial charge in [-0.3, -0.25) is 0 Å². The summed E-state index contributed by atoms with van der Waals surface area (Å²) in [5.74, 6) is 0.918. The summed E-state index contributed by atoms with van der Waals surface area (Å²) >= 11 is 2.49. The van der Waals surface area contributed by atoms with E-state index in [-0.39, 0.29) is 0 Å². The molecule has 46 valence electrons. The van der Waals surface area contributed by atoms with Crippen LogP contribution in [-0.4, -0.2) is 3.92 Å². The van der Waals surface area contributed by atoms with Gasteiger partial charge < -0.3 is 0 Å². The maximum Gasteiger partial charge on any atom is 0.0292 e. The number of hydrogen-bond donors (Lipinski definition) is 0. The van der Waals surface area contributed by atoms with Crippen molar-refractivity contribution in [3.8, 4) is 0 Å². The van der Waals surface area contributed by atoms with Crippen molar-refractivity contribution < 1.29 is 0 Å². The molecule has 0 heterocycles. The summed E-state index contributed by atoms with van der Waals surface area (Å²) in [7, 11) is 0. The van der Waals surface area contributed by atoms with E-state index < -0.39 is 0 Å². The smallest absolute Gasteiger partial charge is 0.0292 e. The van der Waals surface area contributed by atoms with Crippen LogP contribution in [0.15, 0.2) is 12.2 Å². The molecule has 0 nitrogen and oxygen atoms in total. The number of allylic oxidation sites excluding steroid dienone is 2. The minimum absolute atomic E-state index is 0.802. The summed E-state index contributed by atoms with van der Waals surface area (Å²) < 4.78 is 0.802. The van der Waals surface area contributed by atoms with Crippen LogP contribution in [0.2, 0.25) is 0 Å². The fourth-order valence-corrected chi connectivity index (χ4v) is 2.18. The third-order valence-electron chi connectivity index (χ3n) is 1.51. The molecule has 0 aliphatic heterocycles. The van der Waals surface area contributed by atoms with Crippen LogP contribution >= 0.6 is 22.6 Å². The van der Waals surface area contributed by atoms with E-state index in [4.69, 9.17) is 0 Å². The van der Waals surface area contributed by atoms with Gasteiger partial charge in [-0.1, -0.05) is 41.7 Å². The molecule has 8 heavy (non-hydrogen) atoms. The maximum atomic E-state index is 2.49. The predicted molar refractivity (Wildman–Crippen MR) is 45.3 cm³/mol. The Morgan fingerprint density at radius 1 is 1.62 bits per heavy atom. The zero-order chi connectivity index (χ0) is 5.98. The van der Waals surface area contributed by atoms with Crippen molar-refractivity contribution in [2.24, 2.45) is 5.92 Å². The topological polar surface area (TPSA) is 0 Å². The van der Waals surface area contributed by atoms with E-state index in [1.807, 2.05) is 0 Å². The second kappa shape index (κ2) is 2.85. The SMILES string of the molecule is C[C@@H]1CC=C[C@H](I)C1. The first-order chi connectivity index (χ1) is 3.79. The Balaban J connectivity index is 2.42. The molecule has 0 aromatic carbocycles. The molecule has 2 atom stereocenters. The van der Waals surface area contributed by atoms with Gasteiger partial charge in [0.25, 0.3) is 0 Å². The van der Waals surface area contributed by atoms with Crippen LogP contribution < -0.4 is 0 Å². The van der Waals surface area contributed by atoms with E-state index in [2.05, 4.69) is 41.7 Å². The first-order valence-electron chi connectivity index (χ1n) is 3.10. The van der Waals surface area contributed by atoms with E-state index in [9.17, 15) is 0 Å². The molecule has 0 fully saturated rings. The van der Waals surface area contributed by atoms with Gasteiger partial charge in [-0.2, -0.15) is 0 Å². The Bertz CT molecular complexity index is 96.6. The maximum absolute atomic E-state index is 2.49. The lowest BCUT2D eigenvalue weighted by atomic mass is 9.97. The summed E-state index contributed by atoms with van der Waals surface area (Å²) in [6, 6.07) is 0. The fourth-order valence-electron chi connectivity index (χ4n) is 1.02. The number of rotatable bonds is 0.